The van der Waals surface area contributed by atoms with Crippen LogP contribution < -0.4 is 21.6 Å². The maximum atomic E-state index is 13.2. The van der Waals surface area contributed by atoms with Crippen LogP contribution in [0.2, 0.25) is 0 Å². The largest absolute Gasteiger partial charge is 0.329 e. The molecular formula is C32H37N5O4. The van der Waals surface area contributed by atoms with Gasteiger partial charge >= 0.3 is 5.69 Å². The number of imide groups is 1. The Labute approximate surface area is 238 Å². The average Bonchev–Trinajstić information content (AvgIpc) is 3.18. The molecule has 1 aliphatic heterocycles. The Morgan fingerprint density at radius 2 is 1.66 bits per heavy atom. The molecule has 5 fully saturated rings. The van der Waals surface area contributed by atoms with Crippen molar-refractivity contribution in [3.05, 3.63) is 64.1 Å². The molecule has 0 radical (unpaired) electrons. The van der Waals surface area contributed by atoms with Crippen LogP contribution >= 0.6 is 0 Å². The van der Waals surface area contributed by atoms with E-state index in [2.05, 4.69) is 16.0 Å². The number of hydrogen-bond donors (Lipinski definition) is 3. The van der Waals surface area contributed by atoms with Gasteiger partial charge in [-0.3, -0.25) is 28.8 Å². The predicted molar refractivity (Wildman–Crippen MR) is 156 cm³/mol. The van der Waals surface area contributed by atoms with Crippen molar-refractivity contribution >= 4 is 34.4 Å². The average molecular weight is 556 g/mol. The second-order valence-corrected chi connectivity index (χ2v) is 12.9. The number of carbonyl (C=O) groups excluding carboxylic acids is 3. The van der Waals surface area contributed by atoms with Gasteiger partial charge in [-0.2, -0.15) is 0 Å². The van der Waals surface area contributed by atoms with Crippen molar-refractivity contribution in [3.8, 4) is 0 Å². The summed E-state index contributed by atoms with van der Waals surface area (Å²) in [4.78, 5) is 50.5. The van der Waals surface area contributed by atoms with E-state index in [9.17, 15) is 19.2 Å². The SMILES string of the molecule is Cn1c(=O)n(C2CCC(=O)NC2=O)c2cccc(NC(=O)c3ccc(CCNC45CC6CC(CC(C6)C4)C5)cc3)c21. The zero-order valence-corrected chi connectivity index (χ0v) is 23.4. The van der Waals surface area contributed by atoms with Gasteiger partial charge in [-0.15, -0.1) is 0 Å². The highest BCUT2D eigenvalue weighted by Gasteiger charge is 2.50. The molecule has 4 aliphatic carbocycles. The van der Waals surface area contributed by atoms with Gasteiger partial charge in [0.2, 0.25) is 11.8 Å². The minimum Gasteiger partial charge on any atom is -0.320 e. The summed E-state index contributed by atoms with van der Waals surface area (Å²) in [6.45, 7) is 0.956. The van der Waals surface area contributed by atoms with Gasteiger partial charge in [0.25, 0.3) is 5.91 Å². The van der Waals surface area contributed by atoms with Crippen LogP contribution in [0.15, 0.2) is 47.3 Å². The molecule has 9 nitrogen and oxygen atoms in total. The second-order valence-electron chi connectivity index (χ2n) is 12.9. The topological polar surface area (TPSA) is 114 Å². The highest BCUT2D eigenvalue weighted by Crippen LogP contribution is 2.55. The summed E-state index contributed by atoms with van der Waals surface area (Å²) in [5, 5.41) is 9.24. The molecular weight excluding hydrogens is 518 g/mol. The molecule has 0 spiro atoms. The first-order valence-corrected chi connectivity index (χ1v) is 15.0. The fourth-order valence-corrected chi connectivity index (χ4v) is 8.59. The number of aromatic nitrogens is 2. The molecule has 3 aromatic rings. The number of nitrogens with one attached hydrogen (secondary N) is 3. The molecule has 8 rings (SSSR count). The van der Waals surface area contributed by atoms with Gasteiger partial charge in [-0.05, 0) is 105 Å². The number of nitrogens with zero attached hydrogens (tertiary/aromatic N) is 2. The molecule has 3 N–H and O–H groups in total. The van der Waals surface area contributed by atoms with Gasteiger partial charge in [0.1, 0.15) is 6.04 Å². The Hall–Kier alpha value is -3.72. The van der Waals surface area contributed by atoms with Gasteiger partial charge in [0.15, 0.2) is 0 Å². The molecule has 9 heteroatoms. The summed E-state index contributed by atoms with van der Waals surface area (Å²) in [5.41, 5.74) is 3.27. The monoisotopic (exact) mass is 555 g/mol. The van der Waals surface area contributed by atoms with Gasteiger partial charge in [0, 0.05) is 24.6 Å². The summed E-state index contributed by atoms with van der Waals surface area (Å²) < 4.78 is 2.85. The molecule has 214 valence electrons. The Balaban J connectivity index is 1.03. The normalized spacial score (nSPS) is 28.7. The third-order valence-electron chi connectivity index (χ3n) is 10.0. The van der Waals surface area contributed by atoms with E-state index in [1.807, 2.05) is 24.3 Å². The Morgan fingerprint density at radius 3 is 2.32 bits per heavy atom. The van der Waals surface area contributed by atoms with E-state index in [4.69, 9.17) is 0 Å². The first kappa shape index (κ1) is 26.2. The van der Waals surface area contributed by atoms with Crippen LogP contribution in [0, 0.1) is 17.8 Å². The summed E-state index contributed by atoms with van der Waals surface area (Å²) in [7, 11) is 1.62. The number of hydrogen-bond acceptors (Lipinski definition) is 5. The zero-order valence-electron chi connectivity index (χ0n) is 23.4. The fraction of sp³-hybridized carbons (Fsp3) is 0.500. The molecule has 1 saturated heterocycles. The van der Waals surface area contributed by atoms with E-state index >= 15 is 0 Å². The molecule has 4 bridgehead atoms. The smallest absolute Gasteiger partial charge is 0.320 e. The van der Waals surface area contributed by atoms with E-state index in [1.165, 1.54) is 53.2 Å². The third-order valence-corrected chi connectivity index (χ3v) is 10.0. The summed E-state index contributed by atoms with van der Waals surface area (Å²) in [6, 6.07) is 12.2. The Kier molecular flexibility index (Phi) is 6.37. The van der Waals surface area contributed by atoms with Crippen LogP contribution in [0.25, 0.3) is 11.0 Å². The van der Waals surface area contributed by atoms with Crippen molar-refractivity contribution < 1.29 is 14.4 Å². The molecule has 2 aromatic carbocycles. The lowest BCUT2D eigenvalue weighted by Gasteiger charge is -2.57. The number of fused-ring (bicyclic) bond motifs is 1. The van der Waals surface area contributed by atoms with E-state index in [0.717, 1.165) is 30.7 Å². The fourth-order valence-electron chi connectivity index (χ4n) is 8.59. The van der Waals surface area contributed by atoms with Crippen molar-refractivity contribution in [1.82, 2.24) is 19.8 Å². The number of anilines is 1. The number of benzene rings is 2. The quantitative estimate of drug-likeness (QED) is 0.385. The Bertz CT molecular complexity index is 1570. The molecule has 4 saturated carbocycles. The first-order chi connectivity index (χ1) is 19.8. The molecule has 1 aromatic heterocycles. The van der Waals surface area contributed by atoms with Crippen molar-refractivity contribution in [1.29, 1.82) is 0 Å². The highest BCUT2D eigenvalue weighted by molar-refractivity contribution is 6.08. The predicted octanol–water partition coefficient (Wildman–Crippen LogP) is 3.67. The number of aryl methyl sites for hydroxylation is 1. The van der Waals surface area contributed by atoms with E-state index in [0.29, 0.717) is 27.8 Å². The van der Waals surface area contributed by atoms with Gasteiger partial charge < -0.3 is 10.6 Å². The number of amides is 3. The van der Waals surface area contributed by atoms with Gasteiger partial charge in [-0.1, -0.05) is 18.2 Å². The van der Waals surface area contributed by atoms with E-state index < -0.39 is 11.9 Å². The lowest BCUT2D eigenvalue weighted by molar-refractivity contribution is -0.135. The van der Waals surface area contributed by atoms with Crippen molar-refractivity contribution in [2.75, 3.05) is 11.9 Å². The van der Waals surface area contributed by atoms with Crippen LogP contribution in [-0.2, 0) is 23.1 Å². The number of carbonyl (C=O) groups is 3. The minimum atomic E-state index is -0.778. The van der Waals surface area contributed by atoms with Crippen LogP contribution in [0.1, 0.15) is 73.3 Å². The molecule has 2 heterocycles. The minimum absolute atomic E-state index is 0.171. The molecule has 1 atom stereocenters. The lowest BCUT2D eigenvalue weighted by atomic mass is 9.53. The molecule has 3 amide bonds. The number of rotatable bonds is 7. The third kappa shape index (κ3) is 4.70. The summed E-state index contributed by atoms with van der Waals surface area (Å²) in [6.07, 6.45) is 9.71. The molecule has 5 aliphatic rings. The van der Waals surface area contributed by atoms with E-state index in [1.54, 1.807) is 25.2 Å². The van der Waals surface area contributed by atoms with Crippen LogP contribution in [0.4, 0.5) is 5.69 Å². The van der Waals surface area contributed by atoms with Gasteiger partial charge in [-0.25, -0.2) is 4.79 Å². The molecule has 1 unspecified atom stereocenters. The van der Waals surface area contributed by atoms with Crippen molar-refractivity contribution in [3.63, 3.8) is 0 Å². The van der Waals surface area contributed by atoms with Crippen molar-refractivity contribution in [2.24, 2.45) is 24.8 Å². The Morgan fingerprint density at radius 1 is 0.976 bits per heavy atom. The zero-order chi connectivity index (χ0) is 28.3. The first-order valence-electron chi connectivity index (χ1n) is 15.0. The van der Waals surface area contributed by atoms with E-state index in [-0.39, 0.29) is 30.3 Å². The number of imidazole rings is 1. The standard InChI is InChI=1S/C32H37N5O4/c1-36-28-24(3-2-4-25(28)37(31(36)41)26-9-10-27(38)35-30(26)40)34-29(39)23-7-5-19(6-8-23)11-12-33-32-16-20-13-21(17-32)15-22(14-20)18-32/h2-8,20-22,26,33H,9-18H2,1H3,(H,34,39)(H,35,38,40). The van der Waals surface area contributed by atoms with Gasteiger partial charge in [0.05, 0.1) is 16.7 Å². The lowest BCUT2D eigenvalue weighted by Crippen LogP contribution is -2.58. The van der Waals surface area contributed by atoms with Crippen molar-refractivity contribution in [2.45, 2.75) is 69.4 Å². The van der Waals surface area contributed by atoms with Crippen LogP contribution in [0.5, 0.6) is 0 Å². The van der Waals surface area contributed by atoms with Crippen LogP contribution in [0.3, 0.4) is 0 Å². The highest BCUT2D eigenvalue weighted by atomic mass is 16.2. The summed E-state index contributed by atoms with van der Waals surface area (Å²) in [5.74, 6) is 1.69. The summed E-state index contributed by atoms with van der Waals surface area (Å²) >= 11 is 0. The van der Waals surface area contributed by atoms with Crippen LogP contribution in [-0.4, -0.2) is 38.9 Å². The maximum absolute atomic E-state index is 13.2. The number of para-hydroxylation sites is 1. The molecule has 41 heavy (non-hydrogen) atoms. The second kappa shape index (κ2) is 9.98. The number of piperidine rings is 1. The maximum Gasteiger partial charge on any atom is 0.329 e.